The number of aromatic nitrogens is 1. The lowest BCUT2D eigenvalue weighted by Crippen LogP contribution is -2.42. The summed E-state index contributed by atoms with van der Waals surface area (Å²) in [5.41, 5.74) is -0.142. The van der Waals surface area contributed by atoms with Gasteiger partial charge in [0.25, 0.3) is 0 Å². The predicted octanol–water partition coefficient (Wildman–Crippen LogP) is 5.27. The Morgan fingerprint density at radius 1 is 0.946 bits per heavy atom. The summed E-state index contributed by atoms with van der Waals surface area (Å²) in [6, 6.07) is 10.5. The molecule has 3 fully saturated rings. The number of fused-ring (bicyclic) bond motifs is 9. The number of nitrogens with one attached hydrogen (secondary N) is 1. The number of anilines is 1. The molecule has 0 spiro atoms. The molecule has 37 heavy (non-hydrogen) atoms. The van der Waals surface area contributed by atoms with E-state index in [1.54, 1.807) is 12.1 Å². The number of thioether (sulfide) groups is 1. The topological polar surface area (TPSA) is 70.2 Å². The van der Waals surface area contributed by atoms with E-state index in [9.17, 15) is 31.9 Å². The van der Waals surface area contributed by atoms with Crippen molar-refractivity contribution in [2.75, 3.05) is 4.90 Å². The molecule has 2 bridgehead atoms. The van der Waals surface area contributed by atoms with Crippen molar-refractivity contribution in [2.45, 2.75) is 28.8 Å². The normalized spacial score (nSPS) is 32.0. The van der Waals surface area contributed by atoms with Gasteiger partial charge in [0, 0.05) is 16.0 Å². The second kappa shape index (κ2) is 7.80. The fourth-order valence-corrected chi connectivity index (χ4v) is 10.0. The molecule has 1 N–H and O–H groups in total. The molecule has 2 aliphatic heterocycles. The van der Waals surface area contributed by atoms with E-state index in [4.69, 9.17) is 0 Å². The zero-order valence-electron chi connectivity index (χ0n) is 18.9. The molecule has 1 saturated heterocycles. The Hall–Kier alpha value is -2.92. The third kappa shape index (κ3) is 3.26. The summed E-state index contributed by atoms with van der Waals surface area (Å²) in [7, 11) is 0. The molecule has 190 valence electrons. The Morgan fingerprint density at radius 2 is 1.65 bits per heavy atom. The monoisotopic (exact) mass is 546 g/mol. The number of rotatable bonds is 2. The highest BCUT2D eigenvalue weighted by atomic mass is 32.2. The average Bonchev–Trinajstić information content (AvgIpc) is 3.58. The van der Waals surface area contributed by atoms with E-state index >= 15 is 0 Å². The third-order valence-corrected chi connectivity index (χ3v) is 11.0. The number of amides is 2. The zero-order valence-corrected chi connectivity index (χ0v) is 20.5. The first kappa shape index (κ1) is 23.2. The fraction of sp³-hybridized carbons (Fsp3) is 0.346. The Labute approximate surface area is 215 Å². The number of carbonyl (C=O) groups is 2. The quantitative estimate of drug-likeness (QED) is 0.351. The minimum atomic E-state index is -4.60. The van der Waals surface area contributed by atoms with Gasteiger partial charge in [-0.15, -0.1) is 11.8 Å². The predicted molar refractivity (Wildman–Crippen MR) is 129 cm³/mol. The second-order valence-corrected chi connectivity index (χ2v) is 12.3. The van der Waals surface area contributed by atoms with Crippen LogP contribution in [-0.2, 0) is 15.8 Å². The van der Waals surface area contributed by atoms with Crippen molar-refractivity contribution in [3.63, 3.8) is 0 Å². The van der Waals surface area contributed by atoms with E-state index in [0.717, 1.165) is 43.8 Å². The minimum absolute atomic E-state index is 0.0581. The first-order valence-electron chi connectivity index (χ1n) is 11.8. The van der Waals surface area contributed by atoms with Crippen LogP contribution in [0.4, 0.5) is 23.2 Å². The van der Waals surface area contributed by atoms with Crippen LogP contribution in [0.2, 0.25) is 0 Å². The SMILES string of the molecule is O=C1[C@@H]2[C@H]3C[C@H]([C@H]4Sc5[nH]c(=O)sc5[C@@H](c5ccc(F)cc5)[C@H]34)[C@@H]2C(=O)N1c1cccc(C(F)(F)F)c1. The maximum Gasteiger partial charge on any atom is 0.416 e. The molecule has 1 aromatic heterocycles. The van der Waals surface area contributed by atoms with E-state index in [-0.39, 0.29) is 45.3 Å². The van der Waals surface area contributed by atoms with E-state index in [1.165, 1.54) is 36.0 Å². The van der Waals surface area contributed by atoms with Crippen LogP contribution >= 0.6 is 23.1 Å². The van der Waals surface area contributed by atoms with Gasteiger partial charge >= 0.3 is 11.0 Å². The molecular formula is C26H18F4N2O3S2. The number of thiazole rings is 1. The second-order valence-electron chi connectivity index (χ2n) is 10.1. The van der Waals surface area contributed by atoms with Gasteiger partial charge in [-0.05, 0) is 60.1 Å². The van der Waals surface area contributed by atoms with Gasteiger partial charge in [0.1, 0.15) is 5.82 Å². The van der Waals surface area contributed by atoms with Crippen LogP contribution in [0, 0.1) is 35.4 Å². The van der Waals surface area contributed by atoms with Crippen LogP contribution in [0.5, 0.6) is 0 Å². The van der Waals surface area contributed by atoms with Gasteiger partial charge in [0.2, 0.25) is 11.8 Å². The number of H-pyrrole nitrogens is 1. The lowest BCUT2D eigenvalue weighted by molar-refractivity contribution is -0.137. The summed E-state index contributed by atoms with van der Waals surface area (Å²) in [5.74, 6) is -3.19. The van der Waals surface area contributed by atoms with Crippen LogP contribution in [0.25, 0.3) is 0 Å². The fourth-order valence-electron chi connectivity index (χ4n) is 7.14. The van der Waals surface area contributed by atoms with Gasteiger partial charge in [-0.1, -0.05) is 29.5 Å². The molecule has 7 rings (SSSR count). The van der Waals surface area contributed by atoms with E-state index in [1.807, 2.05) is 0 Å². The van der Waals surface area contributed by atoms with Gasteiger partial charge in [-0.2, -0.15) is 13.2 Å². The summed E-state index contributed by atoms with van der Waals surface area (Å²) in [5, 5.41) is 0.679. The number of alkyl halides is 3. The standard InChI is InChI=1S/C26H18F4N2O3S2/c27-12-6-4-10(5-7-12)16-17-14-9-15(20(17)36-22-21(16)37-25(35)31-22)19-18(14)23(33)32(24(19)34)13-3-1-2-11(8-13)26(28,29)30/h1-8,14-20H,9H2,(H,31,35)/t14-,15-,16-,17-,18+,19-,20+/m0/s1. The van der Waals surface area contributed by atoms with Gasteiger partial charge in [0.15, 0.2) is 0 Å². The Balaban J connectivity index is 1.30. The molecule has 7 atom stereocenters. The van der Waals surface area contributed by atoms with E-state index in [2.05, 4.69) is 4.98 Å². The molecule has 2 aromatic carbocycles. The minimum Gasteiger partial charge on any atom is -0.307 e. The van der Waals surface area contributed by atoms with Crippen molar-refractivity contribution < 1.29 is 27.2 Å². The lowest BCUT2D eigenvalue weighted by Gasteiger charge is -2.43. The Morgan fingerprint density at radius 3 is 2.35 bits per heavy atom. The van der Waals surface area contributed by atoms with Gasteiger partial charge in [-0.3, -0.25) is 19.3 Å². The van der Waals surface area contributed by atoms with Crippen molar-refractivity contribution in [3.05, 3.63) is 80.0 Å². The number of imide groups is 1. The molecule has 0 unspecified atom stereocenters. The first-order valence-corrected chi connectivity index (χ1v) is 13.5. The largest absolute Gasteiger partial charge is 0.416 e. The summed E-state index contributed by atoms with van der Waals surface area (Å²) in [4.78, 5) is 44.0. The summed E-state index contributed by atoms with van der Waals surface area (Å²) >= 11 is 2.63. The third-order valence-electron chi connectivity index (χ3n) is 8.38. The van der Waals surface area contributed by atoms with Crippen molar-refractivity contribution in [1.82, 2.24) is 4.98 Å². The van der Waals surface area contributed by atoms with Crippen LogP contribution in [0.1, 0.15) is 28.3 Å². The van der Waals surface area contributed by atoms with Crippen molar-refractivity contribution >= 4 is 40.6 Å². The maximum atomic E-state index is 13.7. The molecule has 2 saturated carbocycles. The van der Waals surface area contributed by atoms with E-state index < -0.39 is 35.4 Å². The Bertz CT molecular complexity index is 1510. The number of halogens is 4. The molecule has 3 aromatic rings. The van der Waals surface area contributed by atoms with Crippen LogP contribution in [0.3, 0.4) is 0 Å². The Kier molecular flexibility index (Phi) is 4.89. The molecule has 5 nitrogen and oxygen atoms in total. The molecule has 3 heterocycles. The molecule has 2 aliphatic carbocycles. The summed E-state index contributed by atoms with van der Waals surface area (Å²) < 4.78 is 53.7. The van der Waals surface area contributed by atoms with Crippen molar-refractivity contribution in [1.29, 1.82) is 0 Å². The lowest BCUT2D eigenvalue weighted by atomic mass is 9.68. The highest BCUT2D eigenvalue weighted by molar-refractivity contribution is 8.00. The zero-order chi connectivity index (χ0) is 25.8. The van der Waals surface area contributed by atoms with Gasteiger partial charge < -0.3 is 4.98 Å². The molecule has 11 heteroatoms. The molecular weight excluding hydrogens is 528 g/mol. The van der Waals surface area contributed by atoms with Gasteiger partial charge in [0.05, 0.1) is 28.1 Å². The average molecular weight is 547 g/mol. The van der Waals surface area contributed by atoms with Gasteiger partial charge in [-0.25, -0.2) is 4.39 Å². The number of aromatic amines is 1. The molecule has 0 radical (unpaired) electrons. The van der Waals surface area contributed by atoms with Crippen LogP contribution < -0.4 is 9.77 Å². The number of benzene rings is 2. The maximum absolute atomic E-state index is 13.7. The summed E-state index contributed by atoms with van der Waals surface area (Å²) in [6.45, 7) is 0. The highest BCUT2D eigenvalue weighted by Crippen LogP contribution is 2.68. The van der Waals surface area contributed by atoms with Crippen LogP contribution in [0.15, 0.2) is 58.4 Å². The smallest absolute Gasteiger partial charge is 0.307 e. The van der Waals surface area contributed by atoms with Crippen molar-refractivity contribution in [3.8, 4) is 0 Å². The number of carbonyl (C=O) groups excluding carboxylic acids is 2. The first-order chi connectivity index (χ1) is 17.6. The van der Waals surface area contributed by atoms with Crippen molar-refractivity contribution in [2.24, 2.45) is 29.6 Å². The van der Waals surface area contributed by atoms with E-state index in [0.29, 0.717) is 6.42 Å². The summed E-state index contributed by atoms with van der Waals surface area (Å²) in [6.07, 6.45) is -3.94. The van der Waals surface area contributed by atoms with Crippen LogP contribution in [-0.4, -0.2) is 22.0 Å². The number of hydrogen-bond acceptors (Lipinski definition) is 5. The number of nitrogens with zero attached hydrogens (tertiary/aromatic N) is 1. The number of hydrogen-bond donors (Lipinski definition) is 1. The molecule has 2 amide bonds. The molecule has 4 aliphatic rings. The highest BCUT2D eigenvalue weighted by Gasteiger charge is 2.69.